The fourth-order valence-corrected chi connectivity index (χ4v) is 13.3. The monoisotopic (exact) mass is 710 g/mol. The average molecular weight is 711 g/mol. The highest BCUT2D eigenvalue weighted by molar-refractivity contribution is 5.85. The Morgan fingerprint density at radius 2 is 1.98 bits per heavy atom. The van der Waals surface area contributed by atoms with Gasteiger partial charge >= 0.3 is 11.9 Å². The van der Waals surface area contributed by atoms with E-state index in [1.807, 2.05) is 0 Å². The van der Waals surface area contributed by atoms with Gasteiger partial charge in [-0.2, -0.15) is 0 Å². The second-order valence-electron chi connectivity index (χ2n) is 18.0. The highest BCUT2D eigenvalue weighted by Gasteiger charge is 2.84. The van der Waals surface area contributed by atoms with Gasteiger partial charge in [0.1, 0.15) is 18.3 Å². The Labute approximate surface area is 310 Å². The van der Waals surface area contributed by atoms with Crippen molar-refractivity contribution < 1.29 is 28.9 Å². The molecule has 1 spiro atoms. The van der Waals surface area contributed by atoms with E-state index in [1.54, 1.807) is 6.08 Å². The first kappa shape index (κ1) is 35.9. The van der Waals surface area contributed by atoms with Crippen molar-refractivity contribution in [3.63, 3.8) is 0 Å². The van der Waals surface area contributed by atoms with Crippen LogP contribution in [0.1, 0.15) is 110 Å². The average Bonchev–Trinajstić information content (AvgIpc) is 3.76. The number of hydrazine groups is 1. The highest BCUT2D eigenvalue weighted by atomic mass is 16.6. The first-order valence-corrected chi connectivity index (χ1v) is 20.1. The number of allylic oxidation sites excluding steroid dienone is 1. The molecule has 3 saturated carbocycles. The lowest BCUT2D eigenvalue weighted by molar-refractivity contribution is -0.358. The molecule has 1 unspecified atom stereocenters. The molecule has 4 aliphatic carbocycles. The SMILES string of the molecule is CC(=O)O[C@@]12C[C@]3(C)C=C[C@H](CC[C@H](C)CCCc4ccccc4)[C@@]45[C@H](O)CC[C@@](C)([C@H]6CCC[C@H]6N(CC#CO[C@@]43CCC3=CC(=O)OC3)N1)[C@@H]52. The molecule has 4 aliphatic heterocycles. The molecular weight excluding hydrogens is 652 g/mol. The van der Waals surface area contributed by atoms with Crippen LogP contribution in [0.15, 0.2) is 54.1 Å². The Hall–Kier alpha value is -3.12. The number of esters is 2. The molecule has 0 amide bonds. The molecule has 8 nitrogen and oxygen atoms in total. The molecule has 2 N–H and O–H groups in total. The molecule has 8 aliphatic rings. The van der Waals surface area contributed by atoms with Gasteiger partial charge in [0, 0.05) is 36.8 Å². The zero-order valence-corrected chi connectivity index (χ0v) is 31.6. The summed E-state index contributed by atoms with van der Waals surface area (Å²) in [4.78, 5) is 25.7. The number of rotatable bonds is 11. The summed E-state index contributed by atoms with van der Waals surface area (Å²) in [6.45, 7) is 9.34. The normalized spacial score (nSPS) is 42.9. The minimum absolute atomic E-state index is 0.0446. The van der Waals surface area contributed by atoms with E-state index in [4.69, 9.17) is 14.2 Å². The van der Waals surface area contributed by atoms with Crippen LogP contribution >= 0.6 is 0 Å². The van der Waals surface area contributed by atoms with Crippen molar-refractivity contribution in [1.82, 2.24) is 10.4 Å². The van der Waals surface area contributed by atoms with E-state index in [0.717, 1.165) is 63.4 Å². The molecule has 1 aromatic rings. The van der Waals surface area contributed by atoms with Crippen LogP contribution in [0.4, 0.5) is 0 Å². The second kappa shape index (κ2) is 13.3. The number of aryl methyl sites for hydroxylation is 1. The van der Waals surface area contributed by atoms with E-state index in [2.05, 4.69) is 85.7 Å². The predicted octanol–water partition coefficient (Wildman–Crippen LogP) is 7.03. The molecule has 0 radical (unpaired) electrons. The number of benzene rings is 1. The van der Waals surface area contributed by atoms with Crippen LogP contribution < -0.4 is 5.43 Å². The first-order valence-electron chi connectivity index (χ1n) is 20.1. The Bertz CT molecular complexity index is 1680. The van der Waals surface area contributed by atoms with Crippen molar-refractivity contribution in [2.45, 2.75) is 135 Å². The number of nitrogens with one attached hydrogen (secondary N) is 1. The third-order valence-electron chi connectivity index (χ3n) is 15.1. The van der Waals surface area contributed by atoms with Crippen molar-refractivity contribution in [3.8, 4) is 12.0 Å². The molecule has 12 atom stereocenters. The van der Waals surface area contributed by atoms with E-state index in [1.165, 1.54) is 12.5 Å². The Morgan fingerprint density at radius 3 is 2.75 bits per heavy atom. The molecule has 8 heteroatoms. The minimum atomic E-state index is -1.07. The van der Waals surface area contributed by atoms with Crippen molar-refractivity contribution in [1.29, 1.82) is 0 Å². The number of aliphatic hydroxyl groups is 1. The summed E-state index contributed by atoms with van der Waals surface area (Å²) in [5.41, 5.74) is 2.55. The fourth-order valence-electron chi connectivity index (χ4n) is 13.3. The molecule has 6 bridgehead atoms. The number of hydrogen-bond acceptors (Lipinski definition) is 8. The quantitative estimate of drug-likeness (QED) is 0.144. The third-order valence-corrected chi connectivity index (χ3v) is 15.1. The van der Waals surface area contributed by atoms with Crippen LogP contribution in [0.2, 0.25) is 0 Å². The summed E-state index contributed by atoms with van der Waals surface area (Å²) in [7, 11) is 0. The standard InChI is InChI=1S/C44H58N2O6/c1-30(11-8-14-32-12-6-5-7-13-32)17-18-34-20-22-40(3)29-42(52-31(2)47)39-41(4)23-21-37(48)44(34,39)43(40,24-19-33-27-38(49)50-28-33)51-26-10-25-46(45-42)36-16-9-15-35(36)41/h5-7,12-13,20,22,27,30,34-37,39,45,48H,8-9,11,14-19,21,23-25,28-29H2,1-4H3/t30-,34+,35+,36-,37-,39-,40+,41+,42-,43-,44+/m1/s1. The predicted molar refractivity (Wildman–Crippen MR) is 198 cm³/mol. The lowest BCUT2D eigenvalue weighted by atomic mass is 9.31. The van der Waals surface area contributed by atoms with E-state index in [-0.39, 0.29) is 41.8 Å². The molecule has 0 aromatic heterocycles. The van der Waals surface area contributed by atoms with Crippen LogP contribution in [-0.4, -0.2) is 58.7 Å². The molecule has 1 aromatic carbocycles. The largest absolute Gasteiger partial charge is 0.458 e. The van der Waals surface area contributed by atoms with E-state index in [9.17, 15) is 14.7 Å². The zero-order valence-electron chi connectivity index (χ0n) is 31.6. The van der Waals surface area contributed by atoms with Crippen LogP contribution in [0.5, 0.6) is 0 Å². The third kappa shape index (κ3) is 5.42. The Morgan fingerprint density at radius 1 is 1.15 bits per heavy atom. The summed E-state index contributed by atoms with van der Waals surface area (Å²) < 4.78 is 19.4. The molecule has 280 valence electrons. The van der Waals surface area contributed by atoms with Crippen molar-refractivity contribution >= 4 is 11.9 Å². The van der Waals surface area contributed by atoms with Gasteiger partial charge in [-0.25, -0.2) is 15.2 Å². The van der Waals surface area contributed by atoms with Crippen molar-refractivity contribution in [3.05, 3.63) is 59.7 Å². The number of hydrogen-bond donors (Lipinski definition) is 2. The van der Waals surface area contributed by atoms with Gasteiger partial charge in [-0.1, -0.05) is 82.5 Å². The fraction of sp³-hybridized carbons (Fsp3) is 0.682. The number of fused-ring (bicyclic) bond motifs is 4. The van der Waals surface area contributed by atoms with E-state index >= 15 is 0 Å². The Balaban J connectivity index is 1.27. The number of carbonyl (C=O) groups excluding carboxylic acids is 2. The van der Waals surface area contributed by atoms with Crippen molar-refractivity contribution in [2.24, 2.45) is 39.9 Å². The molecule has 9 rings (SSSR count). The topological polar surface area (TPSA) is 97.3 Å². The maximum absolute atomic E-state index is 13.4. The lowest BCUT2D eigenvalue weighted by Crippen LogP contribution is -2.84. The number of aliphatic hydroxyl groups excluding tert-OH is 1. The van der Waals surface area contributed by atoms with Gasteiger partial charge in [0.05, 0.1) is 18.1 Å². The number of carbonyl (C=O) groups is 2. The first-order chi connectivity index (χ1) is 25.0. The Kier molecular flexibility index (Phi) is 9.19. The maximum Gasteiger partial charge on any atom is 0.331 e. The summed E-state index contributed by atoms with van der Waals surface area (Å²) in [6, 6.07) is 11.0. The summed E-state index contributed by atoms with van der Waals surface area (Å²) in [6.07, 6.45) is 20.6. The lowest BCUT2D eigenvalue weighted by Gasteiger charge is -2.76. The van der Waals surface area contributed by atoms with E-state index < -0.39 is 28.3 Å². The highest BCUT2D eigenvalue weighted by Crippen LogP contribution is 2.78. The summed E-state index contributed by atoms with van der Waals surface area (Å²) in [5.74, 6) is 3.34. The van der Waals surface area contributed by atoms with Crippen LogP contribution in [0, 0.1) is 51.9 Å². The molecule has 4 fully saturated rings. The molecule has 1 saturated heterocycles. The van der Waals surface area contributed by atoms with Gasteiger partial charge < -0.3 is 19.3 Å². The maximum atomic E-state index is 13.4. The van der Waals surface area contributed by atoms with Gasteiger partial charge in [0.2, 0.25) is 0 Å². The van der Waals surface area contributed by atoms with Gasteiger partial charge in [-0.3, -0.25) is 4.79 Å². The van der Waals surface area contributed by atoms with Gasteiger partial charge in [0.15, 0.2) is 5.72 Å². The molecular formula is C44H58N2O6. The summed E-state index contributed by atoms with van der Waals surface area (Å²) >= 11 is 0. The molecule has 4 heterocycles. The smallest absolute Gasteiger partial charge is 0.331 e. The van der Waals surface area contributed by atoms with Crippen LogP contribution in [0.3, 0.4) is 0 Å². The summed E-state index contributed by atoms with van der Waals surface area (Å²) in [5, 5.41) is 15.4. The van der Waals surface area contributed by atoms with Crippen molar-refractivity contribution in [2.75, 3.05) is 13.2 Å². The zero-order chi connectivity index (χ0) is 36.4. The number of ether oxygens (including phenoxy) is 3. The van der Waals surface area contributed by atoms with Gasteiger partial charge in [0.25, 0.3) is 0 Å². The van der Waals surface area contributed by atoms with E-state index in [0.29, 0.717) is 44.1 Å². The minimum Gasteiger partial charge on any atom is -0.458 e. The number of cyclic esters (lactones) is 1. The number of nitrogens with zero attached hydrogens (tertiary/aromatic N) is 1. The van der Waals surface area contributed by atoms with Gasteiger partial charge in [-0.05, 0) is 98.0 Å². The van der Waals surface area contributed by atoms with Crippen LogP contribution in [-0.2, 0) is 30.2 Å². The second-order valence-corrected chi connectivity index (χ2v) is 18.0. The molecule has 52 heavy (non-hydrogen) atoms. The van der Waals surface area contributed by atoms with Crippen LogP contribution in [0.25, 0.3) is 0 Å². The van der Waals surface area contributed by atoms with Gasteiger partial charge in [-0.15, -0.1) is 0 Å².